The third kappa shape index (κ3) is 2.29. The van der Waals surface area contributed by atoms with E-state index in [-0.39, 0.29) is 11.5 Å². The molecule has 3 rings (SSSR count). The van der Waals surface area contributed by atoms with Crippen LogP contribution >= 0.6 is 0 Å². The SMILES string of the molecule is CC1C(=O)NCCN1c1nc2ccccc2cc1C(=O)O. The van der Waals surface area contributed by atoms with Crippen LogP contribution in [0.3, 0.4) is 0 Å². The van der Waals surface area contributed by atoms with Crippen molar-refractivity contribution in [3.05, 3.63) is 35.9 Å². The molecule has 6 nitrogen and oxygen atoms in total. The Kier molecular flexibility index (Phi) is 3.21. The minimum Gasteiger partial charge on any atom is -0.478 e. The molecule has 6 heteroatoms. The van der Waals surface area contributed by atoms with Crippen LogP contribution in [-0.2, 0) is 4.79 Å². The third-order valence-electron chi connectivity index (χ3n) is 3.71. The van der Waals surface area contributed by atoms with Crippen molar-refractivity contribution in [2.24, 2.45) is 0 Å². The molecule has 0 saturated carbocycles. The number of anilines is 1. The van der Waals surface area contributed by atoms with Crippen molar-refractivity contribution < 1.29 is 14.7 Å². The average molecular weight is 285 g/mol. The molecule has 1 aromatic carbocycles. The van der Waals surface area contributed by atoms with Crippen molar-refractivity contribution in [2.75, 3.05) is 18.0 Å². The van der Waals surface area contributed by atoms with Gasteiger partial charge in [-0.25, -0.2) is 9.78 Å². The third-order valence-corrected chi connectivity index (χ3v) is 3.71. The maximum atomic E-state index is 11.8. The predicted octanol–water partition coefficient (Wildman–Crippen LogP) is 1.26. The van der Waals surface area contributed by atoms with Crippen molar-refractivity contribution in [3.8, 4) is 0 Å². The van der Waals surface area contributed by atoms with Gasteiger partial charge in [0.05, 0.1) is 5.52 Å². The molecule has 0 aliphatic carbocycles. The maximum Gasteiger partial charge on any atom is 0.339 e. The predicted molar refractivity (Wildman–Crippen MR) is 78.5 cm³/mol. The Morgan fingerprint density at radius 1 is 1.43 bits per heavy atom. The van der Waals surface area contributed by atoms with Crippen LogP contribution in [0.15, 0.2) is 30.3 Å². The van der Waals surface area contributed by atoms with Gasteiger partial charge >= 0.3 is 5.97 Å². The molecule has 1 amide bonds. The van der Waals surface area contributed by atoms with Crippen LogP contribution in [0.25, 0.3) is 10.9 Å². The highest BCUT2D eigenvalue weighted by Gasteiger charge is 2.29. The Hall–Kier alpha value is -2.63. The maximum absolute atomic E-state index is 11.8. The van der Waals surface area contributed by atoms with E-state index in [9.17, 15) is 14.7 Å². The van der Waals surface area contributed by atoms with E-state index in [0.717, 1.165) is 10.9 Å². The molecule has 2 aromatic rings. The molecule has 1 unspecified atom stereocenters. The van der Waals surface area contributed by atoms with Gasteiger partial charge in [-0.2, -0.15) is 0 Å². The van der Waals surface area contributed by atoms with E-state index < -0.39 is 12.0 Å². The number of aromatic carboxylic acids is 1. The molecule has 0 spiro atoms. The highest BCUT2D eigenvalue weighted by atomic mass is 16.4. The number of hydrogen-bond acceptors (Lipinski definition) is 4. The zero-order valence-electron chi connectivity index (χ0n) is 11.5. The first-order chi connectivity index (χ1) is 10.1. The van der Waals surface area contributed by atoms with Crippen LogP contribution in [0.4, 0.5) is 5.82 Å². The zero-order valence-corrected chi connectivity index (χ0v) is 11.5. The molecular formula is C15H15N3O3. The summed E-state index contributed by atoms with van der Waals surface area (Å²) in [5.41, 5.74) is 0.839. The number of fused-ring (bicyclic) bond motifs is 1. The summed E-state index contributed by atoms with van der Waals surface area (Å²) in [4.78, 5) is 29.5. The molecule has 21 heavy (non-hydrogen) atoms. The molecule has 1 saturated heterocycles. The van der Waals surface area contributed by atoms with Gasteiger partial charge in [0.1, 0.15) is 17.4 Å². The van der Waals surface area contributed by atoms with Gasteiger partial charge in [-0.3, -0.25) is 4.79 Å². The number of aromatic nitrogens is 1. The van der Waals surface area contributed by atoms with Crippen molar-refractivity contribution in [1.82, 2.24) is 10.3 Å². The number of carboxylic acid groups (broad SMARTS) is 1. The van der Waals surface area contributed by atoms with E-state index in [0.29, 0.717) is 18.9 Å². The van der Waals surface area contributed by atoms with Gasteiger partial charge in [0.2, 0.25) is 5.91 Å². The van der Waals surface area contributed by atoms with Gasteiger partial charge < -0.3 is 15.3 Å². The largest absolute Gasteiger partial charge is 0.478 e. The van der Waals surface area contributed by atoms with E-state index in [2.05, 4.69) is 10.3 Å². The first-order valence-electron chi connectivity index (χ1n) is 6.75. The second kappa shape index (κ2) is 5.05. The van der Waals surface area contributed by atoms with Crippen LogP contribution in [0, 0.1) is 0 Å². The molecule has 1 fully saturated rings. The van der Waals surface area contributed by atoms with Gasteiger partial charge in [0.15, 0.2) is 0 Å². The van der Waals surface area contributed by atoms with E-state index >= 15 is 0 Å². The number of amides is 1. The topological polar surface area (TPSA) is 82.5 Å². The summed E-state index contributed by atoms with van der Waals surface area (Å²) >= 11 is 0. The van der Waals surface area contributed by atoms with Gasteiger partial charge in [0, 0.05) is 18.5 Å². The molecule has 2 N–H and O–H groups in total. The van der Waals surface area contributed by atoms with Crippen LogP contribution in [-0.4, -0.2) is 41.1 Å². The van der Waals surface area contributed by atoms with E-state index in [1.807, 2.05) is 24.3 Å². The number of carbonyl (C=O) groups is 2. The number of hydrogen-bond donors (Lipinski definition) is 2. The van der Waals surface area contributed by atoms with Gasteiger partial charge in [-0.1, -0.05) is 18.2 Å². The molecule has 2 heterocycles. The monoisotopic (exact) mass is 285 g/mol. The second-order valence-corrected chi connectivity index (χ2v) is 5.02. The van der Waals surface area contributed by atoms with Crippen LogP contribution in [0.1, 0.15) is 17.3 Å². The number of benzene rings is 1. The summed E-state index contributed by atoms with van der Waals surface area (Å²) in [5.74, 6) is -0.808. The van der Waals surface area contributed by atoms with Crippen molar-refractivity contribution in [2.45, 2.75) is 13.0 Å². The number of nitrogens with zero attached hydrogens (tertiary/aromatic N) is 2. The fourth-order valence-corrected chi connectivity index (χ4v) is 2.55. The lowest BCUT2D eigenvalue weighted by Crippen LogP contribution is -2.54. The van der Waals surface area contributed by atoms with Crippen LogP contribution in [0.5, 0.6) is 0 Å². The Balaban J connectivity index is 2.17. The average Bonchev–Trinajstić information content (AvgIpc) is 2.48. The van der Waals surface area contributed by atoms with Gasteiger partial charge in [-0.05, 0) is 19.1 Å². The minimum absolute atomic E-state index is 0.118. The summed E-state index contributed by atoms with van der Waals surface area (Å²) in [7, 11) is 0. The standard InChI is InChI=1S/C15H15N3O3/c1-9-14(19)16-6-7-18(9)13-11(15(20)21)8-10-4-2-3-5-12(10)17-13/h2-5,8-9H,6-7H2,1H3,(H,16,19)(H,20,21). The Morgan fingerprint density at radius 2 is 2.19 bits per heavy atom. The smallest absolute Gasteiger partial charge is 0.339 e. The Morgan fingerprint density at radius 3 is 2.95 bits per heavy atom. The van der Waals surface area contributed by atoms with E-state index in [1.54, 1.807) is 17.9 Å². The zero-order chi connectivity index (χ0) is 15.0. The molecule has 1 atom stereocenters. The number of para-hydroxylation sites is 1. The summed E-state index contributed by atoms with van der Waals surface area (Å²) in [5, 5.41) is 13.0. The number of nitrogens with one attached hydrogen (secondary N) is 1. The summed E-state index contributed by atoms with van der Waals surface area (Å²) in [6.07, 6.45) is 0. The Bertz CT molecular complexity index is 729. The molecule has 1 aliphatic heterocycles. The van der Waals surface area contributed by atoms with Crippen LogP contribution in [0.2, 0.25) is 0 Å². The van der Waals surface area contributed by atoms with Gasteiger partial charge in [-0.15, -0.1) is 0 Å². The first-order valence-corrected chi connectivity index (χ1v) is 6.75. The lowest BCUT2D eigenvalue weighted by atomic mass is 10.1. The Labute approximate surface area is 121 Å². The summed E-state index contributed by atoms with van der Waals surface area (Å²) in [6, 6.07) is 8.52. The number of carbonyl (C=O) groups excluding carboxylic acids is 1. The number of rotatable bonds is 2. The molecule has 0 radical (unpaired) electrons. The van der Waals surface area contributed by atoms with E-state index in [4.69, 9.17) is 0 Å². The second-order valence-electron chi connectivity index (χ2n) is 5.02. The number of pyridine rings is 1. The van der Waals surface area contributed by atoms with Crippen molar-refractivity contribution in [3.63, 3.8) is 0 Å². The van der Waals surface area contributed by atoms with Crippen molar-refractivity contribution in [1.29, 1.82) is 0 Å². The summed E-state index contributed by atoms with van der Waals surface area (Å²) in [6.45, 7) is 2.77. The molecule has 1 aromatic heterocycles. The molecular weight excluding hydrogens is 270 g/mol. The number of piperazine rings is 1. The molecule has 108 valence electrons. The molecule has 1 aliphatic rings. The van der Waals surface area contributed by atoms with Crippen LogP contribution < -0.4 is 10.2 Å². The van der Waals surface area contributed by atoms with Gasteiger partial charge in [0.25, 0.3) is 0 Å². The highest BCUT2D eigenvalue weighted by molar-refractivity contribution is 5.99. The minimum atomic E-state index is -1.04. The highest BCUT2D eigenvalue weighted by Crippen LogP contribution is 2.26. The summed E-state index contributed by atoms with van der Waals surface area (Å²) < 4.78 is 0. The lowest BCUT2D eigenvalue weighted by Gasteiger charge is -2.34. The molecule has 0 bridgehead atoms. The quantitative estimate of drug-likeness (QED) is 0.868. The lowest BCUT2D eigenvalue weighted by molar-refractivity contribution is -0.122. The number of carboxylic acids is 1. The first kappa shape index (κ1) is 13.4. The fourth-order valence-electron chi connectivity index (χ4n) is 2.55. The van der Waals surface area contributed by atoms with E-state index in [1.165, 1.54) is 0 Å². The van der Waals surface area contributed by atoms with Crippen molar-refractivity contribution >= 4 is 28.6 Å². The fraction of sp³-hybridized carbons (Fsp3) is 0.267. The normalized spacial score (nSPS) is 18.6.